The zero-order chi connectivity index (χ0) is 20.4. The second-order valence-corrected chi connectivity index (χ2v) is 9.48. The van der Waals surface area contributed by atoms with Crippen LogP contribution in [0, 0.1) is 17.8 Å². The van der Waals surface area contributed by atoms with Gasteiger partial charge in [0.1, 0.15) is 5.75 Å². The van der Waals surface area contributed by atoms with Gasteiger partial charge in [-0.2, -0.15) is 0 Å². The molecule has 1 aromatic rings. The maximum Gasteiger partial charge on any atom is 0.279 e. The predicted octanol–water partition coefficient (Wildman–Crippen LogP) is 1.62. The number of hydrogen-bond donors (Lipinski definition) is 3. The fourth-order valence-corrected chi connectivity index (χ4v) is 6.28. The molecule has 4 saturated carbocycles. The summed E-state index contributed by atoms with van der Waals surface area (Å²) in [5, 5.41) is 6.33. The second-order valence-electron chi connectivity index (χ2n) is 9.48. The van der Waals surface area contributed by atoms with Gasteiger partial charge in [-0.3, -0.25) is 9.59 Å². The number of amides is 2. The molecule has 4 aliphatic rings. The molecule has 0 radical (unpaired) electrons. The highest BCUT2D eigenvalue weighted by molar-refractivity contribution is 5.91. The van der Waals surface area contributed by atoms with Crippen LogP contribution in [-0.4, -0.2) is 44.1 Å². The van der Waals surface area contributed by atoms with E-state index < -0.39 is 0 Å². The number of benzene rings is 1. The molecule has 0 spiro atoms. The van der Waals surface area contributed by atoms with E-state index in [2.05, 4.69) is 10.6 Å². The average Bonchev–Trinajstić information content (AvgIpc) is 2.66. The normalized spacial score (nSPS) is 30.6. The van der Waals surface area contributed by atoms with Crippen molar-refractivity contribution in [3.63, 3.8) is 0 Å². The van der Waals surface area contributed by atoms with Crippen molar-refractivity contribution in [1.82, 2.24) is 5.32 Å². The summed E-state index contributed by atoms with van der Waals surface area (Å²) in [6, 6.07) is 7.32. The molecule has 5 rings (SSSR count). The molecule has 0 aliphatic heterocycles. The Morgan fingerprint density at radius 2 is 1.69 bits per heavy atom. The Morgan fingerprint density at radius 3 is 2.28 bits per heavy atom. The van der Waals surface area contributed by atoms with Crippen LogP contribution < -0.4 is 20.3 Å². The monoisotopic (exact) mass is 400 g/mol. The van der Waals surface area contributed by atoms with Crippen LogP contribution in [0.1, 0.15) is 45.4 Å². The van der Waals surface area contributed by atoms with Gasteiger partial charge in [-0.25, -0.2) is 0 Å². The van der Waals surface area contributed by atoms with Crippen molar-refractivity contribution < 1.29 is 19.2 Å². The molecular formula is C23H34N3O3+. The first-order chi connectivity index (χ1) is 14.0. The minimum atomic E-state index is -0.0855. The fourth-order valence-electron chi connectivity index (χ4n) is 6.28. The summed E-state index contributed by atoms with van der Waals surface area (Å²) in [6.45, 7) is 3.39. The van der Waals surface area contributed by atoms with E-state index in [-0.39, 0.29) is 23.9 Å². The highest BCUT2D eigenvalue weighted by Crippen LogP contribution is 2.55. The predicted molar refractivity (Wildman–Crippen MR) is 112 cm³/mol. The van der Waals surface area contributed by atoms with Gasteiger partial charge in [-0.05, 0) is 75.3 Å². The number of anilines is 1. The second kappa shape index (κ2) is 8.34. The number of methoxy groups -OCH3 is 1. The Hall–Kier alpha value is -2.08. The molecule has 4 bridgehead atoms. The van der Waals surface area contributed by atoms with Gasteiger partial charge in [0, 0.05) is 17.3 Å². The Balaban J connectivity index is 1.29. The Labute approximate surface area is 173 Å². The fraction of sp³-hybridized carbons (Fsp3) is 0.652. The molecule has 6 heteroatoms. The first-order valence-electron chi connectivity index (χ1n) is 11.1. The van der Waals surface area contributed by atoms with Crippen LogP contribution in [0.2, 0.25) is 0 Å². The maximum absolute atomic E-state index is 12.8. The van der Waals surface area contributed by atoms with E-state index in [0.29, 0.717) is 18.0 Å². The molecule has 29 heavy (non-hydrogen) atoms. The smallest absolute Gasteiger partial charge is 0.279 e. The van der Waals surface area contributed by atoms with E-state index in [1.165, 1.54) is 19.3 Å². The third-order valence-electron chi connectivity index (χ3n) is 7.12. The lowest BCUT2D eigenvalue weighted by molar-refractivity contribution is -0.881. The molecule has 0 saturated heterocycles. The van der Waals surface area contributed by atoms with Crippen LogP contribution in [-0.2, 0) is 9.59 Å². The Kier molecular flexibility index (Phi) is 5.81. The molecule has 158 valence electrons. The minimum Gasteiger partial charge on any atom is -0.497 e. The van der Waals surface area contributed by atoms with Crippen molar-refractivity contribution in [1.29, 1.82) is 0 Å². The lowest BCUT2D eigenvalue weighted by Gasteiger charge is -2.56. The molecule has 1 unspecified atom stereocenters. The molecule has 0 heterocycles. The van der Waals surface area contributed by atoms with Crippen LogP contribution in [0.15, 0.2) is 24.3 Å². The molecule has 4 fully saturated rings. The van der Waals surface area contributed by atoms with Gasteiger partial charge in [0.25, 0.3) is 11.8 Å². The van der Waals surface area contributed by atoms with E-state index in [1.54, 1.807) is 13.2 Å². The number of carbonyl (C=O) groups excluding carboxylic acids is 2. The summed E-state index contributed by atoms with van der Waals surface area (Å²) >= 11 is 0. The first kappa shape index (κ1) is 20.2. The third-order valence-corrected chi connectivity index (χ3v) is 7.12. The van der Waals surface area contributed by atoms with Crippen LogP contribution in [0.3, 0.4) is 0 Å². The quantitative estimate of drug-likeness (QED) is 0.621. The Morgan fingerprint density at radius 1 is 1.07 bits per heavy atom. The number of carbonyl (C=O) groups is 2. The van der Waals surface area contributed by atoms with E-state index in [1.807, 2.05) is 25.1 Å². The molecule has 2 amide bonds. The molecular weight excluding hydrogens is 366 g/mol. The van der Waals surface area contributed by atoms with Gasteiger partial charge in [0.2, 0.25) is 0 Å². The van der Waals surface area contributed by atoms with Gasteiger partial charge < -0.3 is 20.3 Å². The summed E-state index contributed by atoms with van der Waals surface area (Å²) in [7, 11) is 1.60. The van der Waals surface area contributed by atoms with E-state index in [0.717, 1.165) is 48.5 Å². The van der Waals surface area contributed by atoms with Crippen molar-refractivity contribution in [3.05, 3.63) is 24.3 Å². The van der Waals surface area contributed by atoms with Gasteiger partial charge in [0.15, 0.2) is 13.1 Å². The standard InChI is InChI=1S/C23H33N3O3/c1-3-26(14-21(27)24-19-5-4-6-20(10-19)29-2)15-22(28)25-23-11-16-7-17(12-23)9-18(8-16)13-23/h4-6,10,16-18H,3,7-9,11-15H2,1-2H3,(H,24,27)(H,25,28)/p+1. The highest BCUT2D eigenvalue weighted by Gasteiger charge is 2.51. The minimum absolute atomic E-state index is 0.0353. The summed E-state index contributed by atoms with van der Waals surface area (Å²) in [5.41, 5.74) is 0.746. The summed E-state index contributed by atoms with van der Waals surface area (Å²) in [5.74, 6) is 3.15. The number of likely N-dealkylation sites (N-methyl/N-ethyl adjacent to an activating group) is 1. The van der Waals surface area contributed by atoms with Crippen molar-refractivity contribution in [2.24, 2.45) is 17.8 Å². The topological polar surface area (TPSA) is 71.9 Å². The number of hydrogen-bond acceptors (Lipinski definition) is 3. The summed E-state index contributed by atoms with van der Waals surface area (Å²) in [4.78, 5) is 26.3. The molecule has 6 nitrogen and oxygen atoms in total. The van der Waals surface area contributed by atoms with E-state index in [9.17, 15) is 9.59 Å². The van der Waals surface area contributed by atoms with Crippen molar-refractivity contribution >= 4 is 17.5 Å². The zero-order valence-electron chi connectivity index (χ0n) is 17.6. The first-order valence-corrected chi connectivity index (χ1v) is 11.1. The van der Waals surface area contributed by atoms with E-state index >= 15 is 0 Å². The largest absolute Gasteiger partial charge is 0.497 e. The number of nitrogens with one attached hydrogen (secondary N) is 3. The molecule has 1 atom stereocenters. The molecule has 3 N–H and O–H groups in total. The van der Waals surface area contributed by atoms with Gasteiger partial charge in [-0.15, -0.1) is 0 Å². The van der Waals surface area contributed by atoms with Crippen molar-refractivity contribution in [3.8, 4) is 5.75 Å². The van der Waals surface area contributed by atoms with Gasteiger partial charge in [-0.1, -0.05) is 6.07 Å². The number of ether oxygens (including phenoxy) is 1. The highest BCUT2D eigenvalue weighted by atomic mass is 16.5. The van der Waals surface area contributed by atoms with Gasteiger partial charge >= 0.3 is 0 Å². The summed E-state index contributed by atoms with van der Waals surface area (Å²) < 4.78 is 5.20. The van der Waals surface area contributed by atoms with Crippen LogP contribution >= 0.6 is 0 Å². The van der Waals surface area contributed by atoms with Crippen molar-refractivity contribution in [2.75, 3.05) is 32.1 Å². The SMILES string of the molecule is CC[NH+](CC(=O)Nc1cccc(OC)c1)CC(=O)NC12CC3CC(CC(C3)C1)C2. The lowest BCUT2D eigenvalue weighted by Crippen LogP contribution is -3.14. The molecule has 4 aliphatic carbocycles. The number of rotatable bonds is 8. The molecule has 0 aromatic heterocycles. The van der Waals surface area contributed by atoms with Crippen LogP contribution in [0.25, 0.3) is 0 Å². The average molecular weight is 401 g/mol. The van der Waals surface area contributed by atoms with Crippen LogP contribution in [0.4, 0.5) is 5.69 Å². The van der Waals surface area contributed by atoms with E-state index in [4.69, 9.17) is 4.74 Å². The number of quaternary nitrogens is 1. The zero-order valence-corrected chi connectivity index (χ0v) is 17.6. The summed E-state index contributed by atoms with van der Waals surface area (Å²) in [6.07, 6.45) is 7.57. The lowest BCUT2D eigenvalue weighted by atomic mass is 9.53. The third kappa shape index (κ3) is 4.74. The Bertz CT molecular complexity index is 728. The molecule has 1 aromatic carbocycles. The van der Waals surface area contributed by atoms with Crippen LogP contribution in [0.5, 0.6) is 5.75 Å². The van der Waals surface area contributed by atoms with Crippen molar-refractivity contribution in [2.45, 2.75) is 51.0 Å². The maximum atomic E-state index is 12.8. The van der Waals surface area contributed by atoms with Gasteiger partial charge in [0.05, 0.1) is 13.7 Å².